The molecule has 4 rings (SSSR count). The van der Waals surface area contributed by atoms with E-state index in [-0.39, 0.29) is 11.9 Å². The minimum Gasteiger partial charge on any atom is -0.369 e. The summed E-state index contributed by atoms with van der Waals surface area (Å²) < 4.78 is 0. The van der Waals surface area contributed by atoms with Gasteiger partial charge in [-0.15, -0.1) is 0 Å². The number of nitrogens with two attached hydrogens (primary N) is 1. The van der Waals surface area contributed by atoms with Crippen molar-refractivity contribution in [1.82, 2.24) is 10.3 Å². The summed E-state index contributed by atoms with van der Waals surface area (Å²) >= 11 is 0. The van der Waals surface area contributed by atoms with Crippen LogP contribution in [0.25, 0.3) is 10.9 Å². The molecule has 27 heavy (non-hydrogen) atoms. The average molecular weight is 358 g/mol. The van der Waals surface area contributed by atoms with Gasteiger partial charge in [-0.1, -0.05) is 49.2 Å². The van der Waals surface area contributed by atoms with Crippen molar-refractivity contribution in [3.05, 3.63) is 71.9 Å². The number of pyridine rings is 1. The number of amides is 1. The van der Waals surface area contributed by atoms with Crippen molar-refractivity contribution in [2.75, 3.05) is 0 Å². The Bertz CT molecular complexity index is 992. The van der Waals surface area contributed by atoms with Crippen LogP contribution in [0.1, 0.15) is 47.5 Å². The Labute approximate surface area is 158 Å². The van der Waals surface area contributed by atoms with Crippen LogP contribution in [0.4, 0.5) is 5.69 Å². The Hall–Kier alpha value is -3.21. The summed E-state index contributed by atoms with van der Waals surface area (Å²) in [5.74, 6) is 0.229. The van der Waals surface area contributed by atoms with E-state index < -0.39 is 0 Å². The molecular weight excluding hydrogens is 336 g/mol. The lowest BCUT2D eigenvalue weighted by Crippen LogP contribution is -2.37. The van der Waals surface area contributed by atoms with Crippen molar-refractivity contribution in [3.63, 3.8) is 0 Å². The molecule has 1 aliphatic rings. The standard InChI is InChI=1S/C22H22N4O/c23-22(25-16-10-2-1-3-11-16)26-21(27)20-17-12-6-7-13-19(17)24-14-18(20)15-8-4-5-9-15/h1-3,6-7,10-15H,4-5,8-9H2,(H3,23,25,26,27). The number of hydrogen-bond donors (Lipinski definition) is 2. The molecule has 1 aliphatic carbocycles. The van der Waals surface area contributed by atoms with Gasteiger partial charge in [-0.3, -0.25) is 15.1 Å². The summed E-state index contributed by atoms with van der Waals surface area (Å²) in [5, 5.41) is 3.62. The highest BCUT2D eigenvalue weighted by Crippen LogP contribution is 2.37. The van der Waals surface area contributed by atoms with Crippen LogP contribution in [0.15, 0.2) is 65.8 Å². The van der Waals surface area contributed by atoms with Gasteiger partial charge in [0.05, 0.1) is 16.8 Å². The van der Waals surface area contributed by atoms with Gasteiger partial charge in [0.2, 0.25) is 5.96 Å². The van der Waals surface area contributed by atoms with Gasteiger partial charge in [-0.25, -0.2) is 4.99 Å². The highest BCUT2D eigenvalue weighted by Gasteiger charge is 2.25. The Morgan fingerprint density at radius 2 is 1.74 bits per heavy atom. The van der Waals surface area contributed by atoms with E-state index in [4.69, 9.17) is 5.73 Å². The fourth-order valence-electron chi connectivity index (χ4n) is 3.80. The SMILES string of the molecule is NC(=Nc1ccccc1)NC(=O)c1c(C2CCCC2)cnc2ccccc12. The molecule has 0 bridgehead atoms. The van der Waals surface area contributed by atoms with Crippen LogP contribution in [0, 0.1) is 0 Å². The van der Waals surface area contributed by atoms with Gasteiger partial charge in [0.1, 0.15) is 0 Å². The molecule has 3 aromatic rings. The van der Waals surface area contributed by atoms with E-state index in [1.54, 1.807) is 0 Å². The molecule has 1 aromatic heterocycles. The monoisotopic (exact) mass is 358 g/mol. The number of carbonyl (C=O) groups is 1. The summed E-state index contributed by atoms with van der Waals surface area (Å²) in [6.07, 6.45) is 6.42. The summed E-state index contributed by atoms with van der Waals surface area (Å²) in [5.41, 5.74) is 9.18. The molecule has 136 valence electrons. The normalized spacial score (nSPS) is 15.2. The fraction of sp³-hybridized carbons (Fsp3) is 0.227. The molecule has 5 nitrogen and oxygen atoms in total. The number of nitrogens with one attached hydrogen (secondary N) is 1. The average Bonchev–Trinajstić information content (AvgIpc) is 3.22. The van der Waals surface area contributed by atoms with Crippen molar-refractivity contribution in [1.29, 1.82) is 0 Å². The number of aliphatic imine (C=N–C) groups is 1. The van der Waals surface area contributed by atoms with Gasteiger partial charge < -0.3 is 5.73 Å². The lowest BCUT2D eigenvalue weighted by atomic mass is 9.91. The third-order valence-electron chi connectivity index (χ3n) is 5.07. The van der Waals surface area contributed by atoms with Crippen LogP contribution in [0.5, 0.6) is 0 Å². The minimum absolute atomic E-state index is 0.0875. The molecule has 1 saturated carbocycles. The lowest BCUT2D eigenvalue weighted by molar-refractivity contribution is 0.0977. The van der Waals surface area contributed by atoms with E-state index in [1.165, 1.54) is 12.8 Å². The van der Waals surface area contributed by atoms with Gasteiger partial charge in [-0.05, 0) is 42.5 Å². The number of nitrogens with zero attached hydrogens (tertiary/aromatic N) is 2. The molecule has 0 atom stereocenters. The molecule has 0 spiro atoms. The zero-order chi connectivity index (χ0) is 18.6. The molecule has 1 heterocycles. The smallest absolute Gasteiger partial charge is 0.258 e. The van der Waals surface area contributed by atoms with Crippen LogP contribution in [-0.2, 0) is 0 Å². The topological polar surface area (TPSA) is 80.4 Å². The lowest BCUT2D eigenvalue weighted by Gasteiger charge is -2.17. The maximum atomic E-state index is 13.1. The molecule has 2 aromatic carbocycles. The zero-order valence-electron chi connectivity index (χ0n) is 15.1. The van der Waals surface area contributed by atoms with Crippen LogP contribution >= 0.6 is 0 Å². The van der Waals surface area contributed by atoms with Crippen molar-refractivity contribution in [2.24, 2.45) is 10.7 Å². The first-order valence-electron chi connectivity index (χ1n) is 9.30. The Kier molecular flexibility index (Phi) is 4.83. The molecule has 1 fully saturated rings. The quantitative estimate of drug-likeness (QED) is 0.542. The maximum absolute atomic E-state index is 13.1. The Morgan fingerprint density at radius 3 is 2.52 bits per heavy atom. The summed E-state index contributed by atoms with van der Waals surface area (Å²) in [4.78, 5) is 22.0. The van der Waals surface area contributed by atoms with Gasteiger partial charge in [0.25, 0.3) is 5.91 Å². The molecule has 0 unspecified atom stereocenters. The molecular formula is C22H22N4O. The zero-order valence-corrected chi connectivity index (χ0v) is 15.1. The van der Waals surface area contributed by atoms with Gasteiger partial charge in [0, 0.05) is 11.6 Å². The number of para-hydroxylation sites is 2. The van der Waals surface area contributed by atoms with E-state index >= 15 is 0 Å². The number of rotatable bonds is 3. The Balaban J connectivity index is 1.71. The van der Waals surface area contributed by atoms with Crippen LogP contribution < -0.4 is 11.1 Å². The largest absolute Gasteiger partial charge is 0.369 e. The van der Waals surface area contributed by atoms with Gasteiger partial charge in [0.15, 0.2) is 0 Å². The van der Waals surface area contributed by atoms with E-state index in [0.717, 1.165) is 29.3 Å². The van der Waals surface area contributed by atoms with Crippen LogP contribution in [-0.4, -0.2) is 16.9 Å². The summed E-state index contributed by atoms with van der Waals surface area (Å²) in [6, 6.07) is 17.1. The molecule has 0 saturated heterocycles. The Morgan fingerprint density at radius 1 is 1.04 bits per heavy atom. The van der Waals surface area contributed by atoms with Crippen molar-refractivity contribution in [3.8, 4) is 0 Å². The second-order valence-corrected chi connectivity index (χ2v) is 6.87. The van der Waals surface area contributed by atoms with Gasteiger partial charge in [-0.2, -0.15) is 0 Å². The van der Waals surface area contributed by atoms with E-state index in [1.807, 2.05) is 60.8 Å². The number of aromatic nitrogens is 1. The molecule has 0 aliphatic heterocycles. The van der Waals surface area contributed by atoms with E-state index in [0.29, 0.717) is 17.2 Å². The highest BCUT2D eigenvalue weighted by molar-refractivity contribution is 6.13. The van der Waals surface area contributed by atoms with Crippen molar-refractivity contribution < 1.29 is 4.79 Å². The highest BCUT2D eigenvalue weighted by atomic mass is 16.1. The third-order valence-corrected chi connectivity index (χ3v) is 5.07. The number of hydrogen-bond acceptors (Lipinski definition) is 3. The number of guanidine groups is 1. The summed E-state index contributed by atoms with van der Waals surface area (Å²) in [7, 11) is 0. The molecule has 1 amide bonds. The van der Waals surface area contributed by atoms with E-state index in [9.17, 15) is 4.79 Å². The van der Waals surface area contributed by atoms with Crippen LogP contribution in [0.3, 0.4) is 0 Å². The first kappa shape index (κ1) is 17.2. The predicted molar refractivity (Wildman–Crippen MR) is 108 cm³/mol. The van der Waals surface area contributed by atoms with Crippen molar-refractivity contribution in [2.45, 2.75) is 31.6 Å². The van der Waals surface area contributed by atoms with Crippen LogP contribution in [0.2, 0.25) is 0 Å². The predicted octanol–water partition coefficient (Wildman–Crippen LogP) is 4.27. The molecule has 0 radical (unpaired) electrons. The fourth-order valence-corrected chi connectivity index (χ4v) is 3.80. The second kappa shape index (κ2) is 7.58. The second-order valence-electron chi connectivity index (χ2n) is 6.87. The molecule has 3 N–H and O–H groups in total. The number of benzene rings is 2. The van der Waals surface area contributed by atoms with Gasteiger partial charge >= 0.3 is 0 Å². The number of fused-ring (bicyclic) bond motifs is 1. The maximum Gasteiger partial charge on any atom is 0.258 e. The first-order valence-corrected chi connectivity index (χ1v) is 9.30. The molecule has 5 heteroatoms. The first-order chi connectivity index (χ1) is 13.2. The minimum atomic E-state index is -0.229. The number of carbonyl (C=O) groups excluding carboxylic acids is 1. The van der Waals surface area contributed by atoms with Crippen molar-refractivity contribution >= 4 is 28.5 Å². The summed E-state index contributed by atoms with van der Waals surface area (Å²) in [6.45, 7) is 0. The third kappa shape index (κ3) is 3.67. The van der Waals surface area contributed by atoms with E-state index in [2.05, 4.69) is 15.3 Å².